The lowest BCUT2D eigenvalue weighted by Gasteiger charge is -2.32. The Balaban J connectivity index is 1.38. The summed E-state index contributed by atoms with van der Waals surface area (Å²) in [4.78, 5) is 26.5. The van der Waals surface area contributed by atoms with E-state index in [1.54, 1.807) is 12.1 Å². The molecule has 0 spiro atoms. The minimum absolute atomic E-state index is 0.0196. The Bertz CT molecular complexity index is 754. The molecule has 0 aromatic heterocycles. The summed E-state index contributed by atoms with van der Waals surface area (Å²) in [5.41, 5.74) is 2.14. The summed E-state index contributed by atoms with van der Waals surface area (Å²) < 4.78 is 0. The fraction of sp³-hybridized carbons (Fsp3) is 0.364. The molecular formula is C22H25ClN2O2. The molecule has 0 radical (unpaired) electrons. The SMILES string of the molecule is O=C(Cc1ccc(Cl)cc1)NC1CCN(C(=O)CCc2ccccc2)CC1. The Hall–Kier alpha value is -2.33. The molecule has 142 valence electrons. The highest BCUT2D eigenvalue weighted by Crippen LogP contribution is 2.14. The van der Waals surface area contributed by atoms with E-state index in [2.05, 4.69) is 17.4 Å². The quantitative estimate of drug-likeness (QED) is 0.826. The number of likely N-dealkylation sites (tertiary alicyclic amines) is 1. The van der Waals surface area contributed by atoms with Crippen molar-refractivity contribution in [1.82, 2.24) is 10.2 Å². The van der Waals surface area contributed by atoms with E-state index < -0.39 is 0 Å². The summed E-state index contributed by atoms with van der Waals surface area (Å²) in [6.07, 6.45) is 3.29. The van der Waals surface area contributed by atoms with Gasteiger partial charge in [-0.3, -0.25) is 9.59 Å². The molecule has 2 amide bonds. The van der Waals surface area contributed by atoms with Crippen molar-refractivity contribution in [2.75, 3.05) is 13.1 Å². The van der Waals surface area contributed by atoms with Crippen molar-refractivity contribution in [1.29, 1.82) is 0 Å². The van der Waals surface area contributed by atoms with Gasteiger partial charge in [0.2, 0.25) is 11.8 Å². The molecular weight excluding hydrogens is 360 g/mol. The van der Waals surface area contributed by atoms with Gasteiger partial charge in [0.25, 0.3) is 0 Å². The summed E-state index contributed by atoms with van der Waals surface area (Å²) >= 11 is 5.87. The smallest absolute Gasteiger partial charge is 0.224 e. The van der Waals surface area contributed by atoms with Gasteiger partial charge in [-0.25, -0.2) is 0 Å². The monoisotopic (exact) mass is 384 g/mol. The second kappa shape index (κ2) is 9.56. The molecule has 0 aliphatic carbocycles. The molecule has 0 unspecified atom stereocenters. The maximum Gasteiger partial charge on any atom is 0.224 e. The van der Waals surface area contributed by atoms with Crippen LogP contribution in [0.4, 0.5) is 0 Å². The number of piperidine rings is 1. The summed E-state index contributed by atoms with van der Waals surface area (Å²) in [6, 6.07) is 17.6. The lowest BCUT2D eigenvalue weighted by atomic mass is 10.0. The number of hydrogen-bond acceptors (Lipinski definition) is 2. The van der Waals surface area contributed by atoms with Crippen LogP contribution in [0.15, 0.2) is 54.6 Å². The highest BCUT2D eigenvalue weighted by atomic mass is 35.5. The summed E-state index contributed by atoms with van der Waals surface area (Å²) in [7, 11) is 0. The minimum Gasteiger partial charge on any atom is -0.353 e. The first-order valence-corrected chi connectivity index (χ1v) is 9.83. The molecule has 3 rings (SSSR count). The van der Waals surface area contributed by atoms with Crippen molar-refractivity contribution in [2.45, 2.75) is 38.1 Å². The van der Waals surface area contributed by atoms with E-state index in [1.165, 1.54) is 5.56 Å². The summed E-state index contributed by atoms with van der Waals surface area (Å²) in [6.45, 7) is 1.42. The Morgan fingerprint density at radius 3 is 2.30 bits per heavy atom. The number of carbonyl (C=O) groups is 2. The van der Waals surface area contributed by atoms with E-state index in [4.69, 9.17) is 11.6 Å². The second-order valence-corrected chi connectivity index (χ2v) is 7.45. The van der Waals surface area contributed by atoms with E-state index in [1.807, 2.05) is 35.2 Å². The van der Waals surface area contributed by atoms with Crippen LogP contribution >= 0.6 is 11.6 Å². The van der Waals surface area contributed by atoms with Crippen molar-refractivity contribution < 1.29 is 9.59 Å². The topological polar surface area (TPSA) is 49.4 Å². The zero-order valence-electron chi connectivity index (χ0n) is 15.4. The van der Waals surface area contributed by atoms with Crippen LogP contribution in [0, 0.1) is 0 Å². The van der Waals surface area contributed by atoms with Crippen molar-refractivity contribution in [3.8, 4) is 0 Å². The number of rotatable bonds is 6. The zero-order chi connectivity index (χ0) is 19.1. The second-order valence-electron chi connectivity index (χ2n) is 7.01. The molecule has 0 atom stereocenters. The molecule has 2 aromatic carbocycles. The van der Waals surface area contributed by atoms with E-state index >= 15 is 0 Å². The number of benzene rings is 2. The van der Waals surface area contributed by atoms with E-state index in [9.17, 15) is 9.59 Å². The first kappa shape index (κ1) is 19.4. The fourth-order valence-electron chi connectivity index (χ4n) is 3.39. The molecule has 1 aliphatic rings. The maximum absolute atomic E-state index is 12.4. The van der Waals surface area contributed by atoms with E-state index in [-0.39, 0.29) is 17.9 Å². The third-order valence-corrected chi connectivity index (χ3v) is 5.21. The molecule has 1 fully saturated rings. The van der Waals surface area contributed by atoms with Crippen LogP contribution in [-0.4, -0.2) is 35.8 Å². The molecule has 1 aliphatic heterocycles. The standard InChI is InChI=1S/C22H25ClN2O2/c23-19-9-6-18(7-10-19)16-21(26)24-20-12-14-25(15-13-20)22(27)11-8-17-4-2-1-3-5-17/h1-7,9-10,20H,8,11-16H2,(H,24,26). The number of carbonyl (C=O) groups excluding carboxylic acids is 2. The number of amides is 2. The van der Waals surface area contributed by atoms with Crippen LogP contribution in [0.3, 0.4) is 0 Å². The van der Waals surface area contributed by atoms with Crippen molar-refractivity contribution in [3.63, 3.8) is 0 Å². The highest BCUT2D eigenvalue weighted by Gasteiger charge is 2.23. The molecule has 0 bridgehead atoms. The molecule has 4 nitrogen and oxygen atoms in total. The Kier molecular flexibility index (Phi) is 6.88. The van der Waals surface area contributed by atoms with Crippen LogP contribution in [0.2, 0.25) is 5.02 Å². The number of nitrogens with one attached hydrogen (secondary N) is 1. The predicted molar refractivity (Wildman–Crippen MR) is 108 cm³/mol. The Labute approximate surface area is 165 Å². The van der Waals surface area contributed by atoms with Gasteiger partial charge in [-0.05, 0) is 42.5 Å². The fourth-order valence-corrected chi connectivity index (χ4v) is 3.52. The van der Waals surface area contributed by atoms with Crippen molar-refractivity contribution in [3.05, 3.63) is 70.7 Å². The Morgan fingerprint density at radius 1 is 0.963 bits per heavy atom. The minimum atomic E-state index is 0.0196. The molecule has 1 heterocycles. The number of nitrogens with zero attached hydrogens (tertiary/aromatic N) is 1. The van der Waals surface area contributed by atoms with Crippen LogP contribution in [0.1, 0.15) is 30.4 Å². The Morgan fingerprint density at radius 2 is 1.63 bits per heavy atom. The summed E-state index contributed by atoms with van der Waals surface area (Å²) in [5.74, 6) is 0.218. The van der Waals surface area contributed by atoms with Gasteiger partial charge in [0.15, 0.2) is 0 Å². The predicted octanol–water partition coefficient (Wildman–Crippen LogP) is 3.62. The number of halogens is 1. The maximum atomic E-state index is 12.4. The van der Waals surface area contributed by atoms with Crippen LogP contribution in [0.5, 0.6) is 0 Å². The molecule has 2 aromatic rings. The third-order valence-electron chi connectivity index (χ3n) is 4.96. The summed E-state index contributed by atoms with van der Waals surface area (Å²) in [5, 5.41) is 3.76. The first-order valence-electron chi connectivity index (χ1n) is 9.45. The van der Waals surface area contributed by atoms with Crippen LogP contribution < -0.4 is 5.32 Å². The van der Waals surface area contributed by atoms with Crippen molar-refractivity contribution >= 4 is 23.4 Å². The van der Waals surface area contributed by atoms with Crippen molar-refractivity contribution in [2.24, 2.45) is 0 Å². The van der Waals surface area contributed by atoms with Gasteiger partial charge in [0.05, 0.1) is 6.42 Å². The molecule has 0 saturated carbocycles. The van der Waals surface area contributed by atoms with Gasteiger partial charge in [-0.1, -0.05) is 54.1 Å². The lowest BCUT2D eigenvalue weighted by molar-refractivity contribution is -0.132. The van der Waals surface area contributed by atoms with Crippen LogP contribution in [-0.2, 0) is 22.4 Å². The van der Waals surface area contributed by atoms with E-state index in [0.29, 0.717) is 31.0 Å². The van der Waals surface area contributed by atoms with Gasteiger partial charge in [-0.2, -0.15) is 0 Å². The highest BCUT2D eigenvalue weighted by molar-refractivity contribution is 6.30. The molecule has 1 saturated heterocycles. The lowest BCUT2D eigenvalue weighted by Crippen LogP contribution is -2.46. The number of aryl methyl sites for hydroxylation is 1. The average Bonchev–Trinajstić information content (AvgIpc) is 2.69. The van der Waals surface area contributed by atoms with Crippen LogP contribution in [0.25, 0.3) is 0 Å². The third kappa shape index (κ3) is 6.10. The van der Waals surface area contributed by atoms with Gasteiger partial charge in [0, 0.05) is 30.6 Å². The van der Waals surface area contributed by atoms with Gasteiger partial charge in [-0.15, -0.1) is 0 Å². The van der Waals surface area contributed by atoms with Gasteiger partial charge >= 0.3 is 0 Å². The van der Waals surface area contributed by atoms with Gasteiger partial charge in [0.1, 0.15) is 0 Å². The molecule has 1 N–H and O–H groups in total. The zero-order valence-corrected chi connectivity index (χ0v) is 16.1. The normalized spacial score (nSPS) is 14.8. The average molecular weight is 385 g/mol. The van der Waals surface area contributed by atoms with Gasteiger partial charge < -0.3 is 10.2 Å². The largest absolute Gasteiger partial charge is 0.353 e. The first-order chi connectivity index (χ1) is 13.1. The molecule has 5 heteroatoms. The molecule has 27 heavy (non-hydrogen) atoms. The number of hydrogen-bond donors (Lipinski definition) is 1. The van der Waals surface area contributed by atoms with E-state index in [0.717, 1.165) is 24.8 Å².